The van der Waals surface area contributed by atoms with Crippen LogP contribution >= 0.6 is 15.9 Å². The maximum absolute atomic E-state index is 13.0. The Bertz CT molecular complexity index is 774. The Morgan fingerprint density at radius 2 is 2.00 bits per heavy atom. The number of carbonyl (C=O) groups is 1. The van der Waals surface area contributed by atoms with Gasteiger partial charge in [0, 0.05) is 35.1 Å². The summed E-state index contributed by atoms with van der Waals surface area (Å²) in [6, 6.07) is 13.5. The third-order valence-corrected chi connectivity index (χ3v) is 5.09. The molecule has 1 saturated heterocycles. The number of nitrogens with zero attached hydrogens (tertiary/aromatic N) is 1. The van der Waals surface area contributed by atoms with E-state index in [0.717, 1.165) is 27.2 Å². The molecule has 1 amide bonds. The summed E-state index contributed by atoms with van der Waals surface area (Å²) in [5.41, 5.74) is 1.18. The number of amides is 1. The molecule has 2 aromatic carbocycles. The highest BCUT2D eigenvalue weighted by atomic mass is 79.9. The first-order valence-corrected chi connectivity index (χ1v) is 8.34. The molecule has 2 aliphatic rings. The van der Waals surface area contributed by atoms with E-state index in [-0.39, 0.29) is 5.91 Å². The summed E-state index contributed by atoms with van der Waals surface area (Å²) in [4.78, 5) is 14.8. The van der Waals surface area contributed by atoms with Crippen LogP contribution in [0.15, 0.2) is 46.9 Å². The fourth-order valence-electron chi connectivity index (χ4n) is 3.35. The van der Waals surface area contributed by atoms with Crippen molar-refractivity contribution in [3.05, 3.63) is 52.5 Å². The minimum atomic E-state index is -0.762. The van der Waals surface area contributed by atoms with Crippen LogP contribution in [0.5, 0.6) is 11.5 Å². The maximum atomic E-state index is 13.0. The van der Waals surface area contributed by atoms with E-state index >= 15 is 0 Å². The van der Waals surface area contributed by atoms with E-state index in [2.05, 4.69) is 15.9 Å². The van der Waals surface area contributed by atoms with E-state index in [1.165, 1.54) is 0 Å². The first kappa shape index (κ1) is 14.6. The zero-order chi connectivity index (χ0) is 16.0. The van der Waals surface area contributed by atoms with Gasteiger partial charge in [0.15, 0.2) is 5.60 Å². The van der Waals surface area contributed by atoms with Gasteiger partial charge in [-0.3, -0.25) is 4.79 Å². The number of benzene rings is 2. The zero-order valence-corrected chi connectivity index (χ0v) is 14.3. The summed E-state index contributed by atoms with van der Waals surface area (Å²) < 4.78 is 12.3. The highest BCUT2D eigenvalue weighted by molar-refractivity contribution is 9.10. The summed E-state index contributed by atoms with van der Waals surface area (Å²) in [6.07, 6.45) is 1.30. The normalized spacial score (nSPS) is 22.3. The Kier molecular flexibility index (Phi) is 3.34. The minimum absolute atomic E-state index is 0.0370. The molecule has 5 heteroatoms. The van der Waals surface area contributed by atoms with Crippen LogP contribution in [0.25, 0.3) is 0 Å². The Morgan fingerprint density at radius 3 is 2.74 bits per heavy atom. The Morgan fingerprint density at radius 1 is 1.22 bits per heavy atom. The predicted octanol–water partition coefficient (Wildman–Crippen LogP) is 3.57. The molecule has 0 bridgehead atoms. The van der Waals surface area contributed by atoms with Gasteiger partial charge in [0.25, 0.3) is 5.91 Å². The lowest BCUT2D eigenvalue weighted by atomic mass is 9.95. The smallest absolute Gasteiger partial charge is 0.271 e. The van der Waals surface area contributed by atoms with E-state index in [9.17, 15) is 4.79 Å². The van der Waals surface area contributed by atoms with Gasteiger partial charge in [-0.2, -0.15) is 0 Å². The van der Waals surface area contributed by atoms with Gasteiger partial charge in [-0.1, -0.05) is 15.9 Å². The van der Waals surface area contributed by atoms with E-state index in [4.69, 9.17) is 9.47 Å². The lowest BCUT2D eigenvalue weighted by molar-refractivity contribution is -0.129. The van der Waals surface area contributed by atoms with Crippen LogP contribution in [0.4, 0.5) is 5.69 Å². The monoisotopic (exact) mass is 373 g/mol. The van der Waals surface area contributed by atoms with Gasteiger partial charge in [0.2, 0.25) is 0 Å². The van der Waals surface area contributed by atoms with Crippen molar-refractivity contribution >= 4 is 27.5 Å². The first-order valence-electron chi connectivity index (χ1n) is 7.55. The third-order valence-electron chi connectivity index (χ3n) is 4.56. The van der Waals surface area contributed by atoms with Crippen molar-refractivity contribution in [2.24, 2.45) is 0 Å². The molecule has 0 saturated carbocycles. The molecule has 0 N–H and O–H groups in total. The second kappa shape index (κ2) is 5.27. The summed E-state index contributed by atoms with van der Waals surface area (Å²) in [5, 5.41) is 0. The minimum Gasteiger partial charge on any atom is -0.497 e. The molecule has 1 unspecified atom stereocenters. The molecule has 0 radical (unpaired) electrons. The number of anilines is 1. The first-order chi connectivity index (χ1) is 11.1. The van der Waals surface area contributed by atoms with Crippen LogP contribution < -0.4 is 14.4 Å². The van der Waals surface area contributed by atoms with Crippen LogP contribution in [0.2, 0.25) is 0 Å². The average molecular weight is 374 g/mol. The Hall–Kier alpha value is -2.01. The molecule has 4 nitrogen and oxygen atoms in total. The van der Waals surface area contributed by atoms with Gasteiger partial charge in [-0.25, -0.2) is 0 Å². The van der Waals surface area contributed by atoms with Crippen molar-refractivity contribution in [2.45, 2.75) is 18.4 Å². The molecule has 1 atom stereocenters. The van der Waals surface area contributed by atoms with E-state index in [1.807, 2.05) is 47.4 Å². The van der Waals surface area contributed by atoms with Crippen LogP contribution in [-0.2, 0) is 11.2 Å². The lowest BCUT2D eigenvalue weighted by Gasteiger charge is -2.22. The van der Waals surface area contributed by atoms with E-state index in [0.29, 0.717) is 19.4 Å². The number of rotatable bonds is 2. The van der Waals surface area contributed by atoms with Crippen molar-refractivity contribution in [3.8, 4) is 11.5 Å². The molecule has 4 rings (SSSR count). The summed E-state index contributed by atoms with van der Waals surface area (Å²) in [6.45, 7) is 0.672. The topological polar surface area (TPSA) is 38.8 Å². The molecular weight excluding hydrogens is 358 g/mol. The number of fused-ring (bicyclic) bond motifs is 1. The maximum Gasteiger partial charge on any atom is 0.271 e. The quantitative estimate of drug-likeness (QED) is 0.807. The lowest BCUT2D eigenvalue weighted by Crippen LogP contribution is -2.44. The van der Waals surface area contributed by atoms with Crippen molar-refractivity contribution in [3.63, 3.8) is 0 Å². The number of carbonyl (C=O) groups excluding carboxylic acids is 1. The summed E-state index contributed by atoms with van der Waals surface area (Å²) >= 11 is 3.42. The second-order valence-electron chi connectivity index (χ2n) is 5.93. The predicted molar refractivity (Wildman–Crippen MR) is 91.2 cm³/mol. The molecule has 1 fully saturated rings. The highest BCUT2D eigenvalue weighted by Crippen LogP contribution is 2.43. The van der Waals surface area contributed by atoms with Crippen LogP contribution in [0.3, 0.4) is 0 Å². The van der Waals surface area contributed by atoms with Crippen molar-refractivity contribution < 1.29 is 14.3 Å². The Balaban J connectivity index is 1.62. The number of hydrogen-bond acceptors (Lipinski definition) is 3. The molecule has 23 heavy (non-hydrogen) atoms. The van der Waals surface area contributed by atoms with Gasteiger partial charge >= 0.3 is 0 Å². The van der Waals surface area contributed by atoms with Crippen molar-refractivity contribution in [2.75, 3.05) is 18.6 Å². The van der Waals surface area contributed by atoms with Gasteiger partial charge < -0.3 is 14.4 Å². The van der Waals surface area contributed by atoms with E-state index < -0.39 is 5.60 Å². The molecule has 118 valence electrons. The largest absolute Gasteiger partial charge is 0.497 e. The van der Waals surface area contributed by atoms with Crippen molar-refractivity contribution in [1.82, 2.24) is 0 Å². The molecule has 2 heterocycles. The molecular formula is C18H16BrNO3. The summed E-state index contributed by atoms with van der Waals surface area (Å²) in [5.74, 6) is 1.62. The van der Waals surface area contributed by atoms with Gasteiger partial charge in [0.05, 0.1) is 7.11 Å². The van der Waals surface area contributed by atoms with Crippen LogP contribution in [0, 0.1) is 0 Å². The van der Waals surface area contributed by atoms with Crippen LogP contribution in [0.1, 0.15) is 12.0 Å². The van der Waals surface area contributed by atoms with Crippen LogP contribution in [-0.4, -0.2) is 25.2 Å². The second-order valence-corrected chi connectivity index (χ2v) is 6.85. The van der Waals surface area contributed by atoms with Gasteiger partial charge in [0.1, 0.15) is 11.5 Å². The SMILES string of the molecule is COc1ccc2c(c1)CC1(CCN(c3ccc(Br)cc3)C1=O)O2. The highest BCUT2D eigenvalue weighted by Gasteiger charge is 2.53. The Labute approximate surface area is 143 Å². The standard InChI is InChI=1S/C18H16BrNO3/c1-22-15-6-7-16-12(10-15)11-18(23-16)8-9-20(17(18)21)14-4-2-13(19)3-5-14/h2-7,10H,8-9,11H2,1H3. The number of ether oxygens (including phenoxy) is 2. The zero-order valence-electron chi connectivity index (χ0n) is 12.7. The number of hydrogen-bond donors (Lipinski definition) is 0. The average Bonchev–Trinajstić information content (AvgIpc) is 3.09. The fraction of sp³-hybridized carbons (Fsp3) is 0.278. The summed E-state index contributed by atoms with van der Waals surface area (Å²) in [7, 11) is 1.64. The number of halogens is 1. The number of methoxy groups -OCH3 is 1. The molecule has 0 aromatic heterocycles. The molecule has 1 spiro atoms. The van der Waals surface area contributed by atoms with E-state index in [1.54, 1.807) is 7.11 Å². The van der Waals surface area contributed by atoms with Crippen molar-refractivity contribution in [1.29, 1.82) is 0 Å². The molecule has 0 aliphatic carbocycles. The van der Waals surface area contributed by atoms with Gasteiger partial charge in [-0.05, 0) is 42.5 Å². The molecule has 2 aliphatic heterocycles. The van der Waals surface area contributed by atoms with Gasteiger partial charge in [-0.15, -0.1) is 0 Å². The third kappa shape index (κ3) is 2.30. The molecule has 2 aromatic rings. The fourth-order valence-corrected chi connectivity index (χ4v) is 3.61.